The number of anilines is 1. The predicted molar refractivity (Wildman–Crippen MR) is 97.2 cm³/mol. The third-order valence-electron chi connectivity index (χ3n) is 3.54. The molecule has 0 aliphatic rings. The van der Waals surface area contributed by atoms with Crippen LogP contribution in [0.3, 0.4) is 0 Å². The summed E-state index contributed by atoms with van der Waals surface area (Å²) in [6, 6.07) is 9.99. The van der Waals surface area contributed by atoms with Gasteiger partial charge in [-0.25, -0.2) is 4.98 Å². The van der Waals surface area contributed by atoms with Crippen molar-refractivity contribution >= 4 is 29.1 Å². The van der Waals surface area contributed by atoms with Crippen molar-refractivity contribution in [1.82, 2.24) is 10.3 Å². The topological polar surface area (TPSA) is 80.3 Å². The zero-order valence-electron chi connectivity index (χ0n) is 14.1. The van der Waals surface area contributed by atoms with Gasteiger partial charge in [-0.2, -0.15) is 0 Å². The number of nitrogens with zero attached hydrogens (tertiary/aromatic N) is 1. The molecule has 2 amide bonds. The van der Waals surface area contributed by atoms with Gasteiger partial charge in [-0.1, -0.05) is 23.7 Å². The lowest BCUT2D eigenvalue weighted by Crippen LogP contribution is -2.27. The zero-order chi connectivity index (χ0) is 18.2. The van der Waals surface area contributed by atoms with Crippen molar-refractivity contribution in [2.45, 2.75) is 13.3 Å². The maximum Gasteiger partial charge on any atom is 0.274 e. The molecule has 2 N–H and O–H groups in total. The minimum absolute atomic E-state index is 0.156. The largest absolute Gasteiger partial charge is 0.385 e. The summed E-state index contributed by atoms with van der Waals surface area (Å²) < 4.78 is 4.93. The SMILES string of the molecule is COCCCNC(=O)c1cccc(C(=O)Nc2cccc(Cl)c2C)n1. The van der Waals surface area contributed by atoms with Gasteiger partial charge >= 0.3 is 0 Å². The van der Waals surface area contributed by atoms with Crippen molar-refractivity contribution in [3.05, 3.63) is 58.4 Å². The molecule has 1 aromatic carbocycles. The molecule has 0 unspecified atom stereocenters. The molecule has 132 valence electrons. The number of methoxy groups -OCH3 is 1. The van der Waals surface area contributed by atoms with Crippen molar-refractivity contribution in [1.29, 1.82) is 0 Å². The smallest absolute Gasteiger partial charge is 0.274 e. The predicted octanol–water partition coefficient (Wildman–Crippen LogP) is 3.06. The van der Waals surface area contributed by atoms with Gasteiger partial charge in [0, 0.05) is 31.0 Å². The Kier molecular flexibility index (Phi) is 6.91. The molecule has 0 aliphatic carbocycles. The van der Waals surface area contributed by atoms with Crippen LogP contribution in [0.15, 0.2) is 36.4 Å². The van der Waals surface area contributed by atoms with E-state index in [2.05, 4.69) is 15.6 Å². The fourth-order valence-corrected chi connectivity index (χ4v) is 2.30. The molecule has 0 bridgehead atoms. The fraction of sp³-hybridized carbons (Fsp3) is 0.278. The van der Waals surface area contributed by atoms with Crippen LogP contribution in [0.25, 0.3) is 0 Å². The van der Waals surface area contributed by atoms with E-state index in [-0.39, 0.29) is 17.3 Å². The third kappa shape index (κ3) is 5.27. The molecule has 6 nitrogen and oxygen atoms in total. The second-order valence-electron chi connectivity index (χ2n) is 5.38. The Morgan fingerprint density at radius 2 is 1.80 bits per heavy atom. The zero-order valence-corrected chi connectivity index (χ0v) is 14.9. The van der Waals surface area contributed by atoms with Crippen LogP contribution in [0.2, 0.25) is 5.02 Å². The van der Waals surface area contributed by atoms with E-state index in [9.17, 15) is 9.59 Å². The first-order valence-corrected chi connectivity index (χ1v) is 8.21. The molecule has 1 heterocycles. The highest BCUT2D eigenvalue weighted by molar-refractivity contribution is 6.31. The maximum absolute atomic E-state index is 12.4. The Labute approximate surface area is 151 Å². The average Bonchev–Trinajstić information content (AvgIpc) is 2.62. The highest BCUT2D eigenvalue weighted by Gasteiger charge is 2.13. The van der Waals surface area contributed by atoms with Crippen molar-refractivity contribution < 1.29 is 14.3 Å². The molecule has 0 atom stereocenters. The van der Waals surface area contributed by atoms with E-state index in [0.717, 1.165) is 5.56 Å². The Hall–Kier alpha value is -2.44. The van der Waals surface area contributed by atoms with E-state index in [1.165, 1.54) is 0 Å². The summed E-state index contributed by atoms with van der Waals surface area (Å²) in [6.45, 7) is 2.86. The molecule has 7 heteroatoms. The summed E-state index contributed by atoms with van der Waals surface area (Å²) in [4.78, 5) is 28.6. The van der Waals surface area contributed by atoms with E-state index in [0.29, 0.717) is 30.3 Å². The first-order chi connectivity index (χ1) is 12.0. The van der Waals surface area contributed by atoms with E-state index in [1.54, 1.807) is 43.5 Å². The maximum atomic E-state index is 12.4. The summed E-state index contributed by atoms with van der Waals surface area (Å²) >= 11 is 6.05. The molecule has 0 radical (unpaired) electrons. The number of hydrogen-bond donors (Lipinski definition) is 2. The molecule has 2 rings (SSSR count). The first-order valence-electron chi connectivity index (χ1n) is 7.83. The van der Waals surface area contributed by atoms with Gasteiger partial charge in [0.05, 0.1) is 0 Å². The van der Waals surface area contributed by atoms with Crippen molar-refractivity contribution in [3.63, 3.8) is 0 Å². The van der Waals surface area contributed by atoms with Gasteiger partial charge in [0.1, 0.15) is 11.4 Å². The van der Waals surface area contributed by atoms with Crippen LogP contribution in [-0.2, 0) is 4.74 Å². The van der Waals surface area contributed by atoms with Gasteiger partial charge in [0.25, 0.3) is 11.8 Å². The van der Waals surface area contributed by atoms with Gasteiger partial charge in [-0.05, 0) is 43.2 Å². The molecule has 0 saturated carbocycles. The number of ether oxygens (including phenoxy) is 1. The van der Waals surface area contributed by atoms with Crippen LogP contribution >= 0.6 is 11.6 Å². The molecule has 0 saturated heterocycles. The number of pyridine rings is 1. The molecule has 25 heavy (non-hydrogen) atoms. The van der Waals surface area contributed by atoms with E-state index in [4.69, 9.17) is 16.3 Å². The molecule has 0 aliphatic heterocycles. The number of benzene rings is 1. The Bertz CT molecular complexity index is 765. The minimum Gasteiger partial charge on any atom is -0.385 e. The van der Waals surface area contributed by atoms with E-state index < -0.39 is 5.91 Å². The quantitative estimate of drug-likeness (QED) is 0.743. The van der Waals surface area contributed by atoms with Crippen LogP contribution in [0.1, 0.15) is 33.0 Å². The molecular weight excluding hydrogens is 342 g/mol. The number of amides is 2. The van der Waals surface area contributed by atoms with E-state index >= 15 is 0 Å². The molecule has 0 spiro atoms. The van der Waals surface area contributed by atoms with Crippen LogP contribution in [0.5, 0.6) is 0 Å². The lowest BCUT2D eigenvalue weighted by molar-refractivity contribution is 0.0943. The molecule has 1 aromatic heterocycles. The summed E-state index contributed by atoms with van der Waals surface area (Å²) in [5.41, 5.74) is 1.72. The number of carbonyl (C=O) groups is 2. The van der Waals surface area contributed by atoms with Gasteiger partial charge in [-0.3, -0.25) is 9.59 Å². The number of nitrogens with one attached hydrogen (secondary N) is 2. The highest BCUT2D eigenvalue weighted by atomic mass is 35.5. The summed E-state index contributed by atoms with van der Waals surface area (Å²) in [5.74, 6) is -0.732. The number of hydrogen-bond acceptors (Lipinski definition) is 4. The average molecular weight is 362 g/mol. The minimum atomic E-state index is -0.403. The van der Waals surface area contributed by atoms with Gasteiger partial charge in [0.2, 0.25) is 0 Å². The number of aromatic nitrogens is 1. The monoisotopic (exact) mass is 361 g/mol. The third-order valence-corrected chi connectivity index (χ3v) is 3.95. The first kappa shape index (κ1) is 18.9. The Morgan fingerprint density at radius 3 is 2.52 bits per heavy atom. The van der Waals surface area contributed by atoms with Gasteiger partial charge in [-0.15, -0.1) is 0 Å². The second kappa shape index (κ2) is 9.15. The molecule has 0 fully saturated rings. The normalized spacial score (nSPS) is 10.4. The lowest BCUT2D eigenvalue weighted by Gasteiger charge is -2.10. The van der Waals surface area contributed by atoms with Crippen molar-refractivity contribution in [2.75, 3.05) is 25.6 Å². The van der Waals surface area contributed by atoms with E-state index in [1.807, 2.05) is 6.92 Å². The number of halogens is 1. The summed E-state index contributed by atoms with van der Waals surface area (Å²) in [5, 5.41) is 6.06. The summed E-state index contributed by atoms with van der Waals surface area (Å²) in [6.07, 6.45) is 0.705. The van der Waals surface area contributed by atoms with Gasteiger partial charge < -0.3 is 15.4 Å². The van der Waals surface area contributed by atoms with Crippen LogP contribution in [0, 0.1) is 6.92 Å². The standard InChI is InChI=1S/C18H20ClN3O3/c1-12-13(19)6-3-7-14(12)22-18(24)16-9-4-8-15(21-16)17(23)20-10-5-11-25-2/h3-4,6-9H,5,10-11H2,1-2H3,(H,20,23)(H,22,24). The van der Waals surface area contributed by atoms with Crippen LogP contribution < -0.4 is 10.6 Å². The number of rotatable bonds is 7. The summed E-state index contributed by atoms with van der Waals surface area (Å²) in [7, 11) is 1.60. The highest BCUT2D eigenvalue weighted by Crippen LogP contribution is 2.23. The van der Waals surface area contributed by atoms with Crippen LogP contribution in [0.4, 0.5) is 5.69 Å². The van der Waals surface area contributed by atoms with Gasteiger partial charge in [0.15, 0.2) is 0 Å². The second-order valence-corrected chi connectivity index (χ2v) is 5.78. The number of carbonyl (C=O) groups excluding carboxylic acids is 2. The Balaban J connectivity index is 2.06. The van der Waals surface area contributed by atoms with Crippen molar-refractivity contribution in [2.24, 2.45) is 0 Å². The molecule has 2 aromatic rings. The molecular formula is C18H20ClN3O3. The fourth-order valence-electron chi connectivity index (χ4n) is 2.13. The van der Waals surface area contributed by atoms with Crippen molar-refractivity contribution in [3.8, 4) is 0 Å². The lowest BCUT2D eigenvalue weighted by atomic mass is 10.2. The van der Waals surface area contributed by atoms with Crippen LogP contribution in [-0.4, -0.2) is 37.1 Å². The Morgan fingerprint density at radius 1 is 1.12 bits per heavy atom.